The lowest BCUT2D eigenvalue weighted by Gasteiger charge is -2.34. The van der Waals surface area contributed by atoms with Crippen molar-refractivity contribution in [2.45, 2.75) is 51.9 Å². The monoisotopic (exact) mass is 335 g/mol. The molecule has 0 aromatic carbocycles. The van der Waals surface area contributed by atoms with Crippen LogP contribution in [0.3, 0.4) is 0 Å². The van der Waals surface area contributed by atoms with Gasteiger partial charge in [0.15, 0.2) is 0 Å². The van der Waals surface area contributed by atoms with Crippen LogP contribution >= 0.6 is 0 Å². The van der Waals surface area contributed by atoms with Crippen LogP contribution in [0.1, 0.15) is 51.9 Å². The molecule has 3 fully saturated rings. The lowest BCUT2D eigenvalue weighted by molar-refractivity contribution is -0.136. The third kappa shape index (κ3) is 4.95. The Morgan fingerprint density at radius 2 is 1.92 bits per heavy atom. The quantitative estimate of drug-likeness (QED) is 0.778. The number of carbonyl (C=O) groups is 2. The van der Waals surface area contributed by atoms with Gasteiger partial charge in [-0.25, -0.2) is 0 Å². The van der Waals surface area contributed by atoms with Gasteiger partial charge in [-0.3, -0.25) is 9.59 Å². The van der Waals surface area contributed by atoms with Gasteiger partial charge in [0, 0.05) is 26.1 Å². The summed E-state index contributed by atoms with van der Waals surface area (Å²) < 4.78 is 0. The second kappa shape index (κ2) is 8.32. The van der Waals surface area contributed by atoms with Crippen LogP contribution in [0.2, 0.25) is 0 Å². The molecule has 2 amide bonds. The molecule has 2 N–H and O–H groups in total. The molecule has 2 aliphatic heterocycles. The maximum atomic E-state index is 12.7. The molecular weight excluding hydrogens is 302 g/mol. The number of amides is 2. The highest BCUT2D eigenvalue weighted by molar-refractivity contribution is 5.81. The molecule has 1 saturated carbocycles. The van der Waals surface area contributed by atoms with Crippen molar-refractivity contribution in [1.82, 2.24) is 15.5 Å². The molecule has 0 aromatic rings. The molecule has 5 heteroatoms. The van der Waals surface area contributed by atoms with Crippen molar-refractivity contribution in [3.05, 3.63) is 0 Å². The van der Waals surface area contributed by atoms with E-state index in [-0.39, 0.29) is 17.7 Å². The maximum absolute atomic E-state index is 12.7. The molecule has 5 nitrogen and oxygen atoms in total. The molecule has 2 unspecified atom stereocenters. The van der Waals surface area contributed by atoms with Crippen LogP contribution in [0.5, 0.6) is 0 Å². The largest absolute Gasteiger partial charge is 0.356 e. The summed E-state index contributed by atoms with van der Waals surface area (Å²) in [7, 11) is 0. The molecule has 2 heterocycles. The minimum absolute atomic E-state index is 0.00404. The number of carbonyl (C=O) groups excluding carboxylic acids is 2. The number of piperidine rings is 2. The number of rotatable bonds is 6. The Bertz CT molecular complexity index is 444. The van der Waals surface area contributed by atoms with E-state index < -0.39 is 0 Å². The third-order valence-corrected chi connectivity index (χ3v) is 6.09. The molecule has 0 radical (unpaired) electrons. The van der Waals surface area contributed by atoms with Crippen molar-refractivity contribution in [2.24, 2.45) is 23.7 Å². The van der Waals surface area contributed by atoms with Crippen LogP contribution in [0.25, 0.3) is 0 Å². The zero-order valence-corrected chi connectivity index (χ0v) is 15.1. The molecule has 24 heavy (non-hydrogen) atoms. The zero-order valence-electron chi connectivity index (χ0n) is 15.1. The van der Waals surface area contributed by atoms with Gasteiger partial charge >= 0.3 is 0 Å². The number of likely N-dealkylation sites (tertiary alicyclic amines) is 1. The van der Waals surface area contributed by atoms with Crippen molar-refractivity contribution >= 4 is 11.8 Å². The second-order valence-corrected chi connectivity index (χ2v) is 8.14. The predicted molar refractivity (Wildman–Crippen MR) is 94.4 cm³/mol. The molecule has 1 aliphatic carbocycles. The first-order valence-electron chi connectivity index (χ1n) is 9.89. The zero-order chi connectivity index (χ0) is 16.9. The SMILES string of the molecule is CC(CC(=O)N1CCCC(C(=O)NCC2CC2)C1)C1CCNCC1. The minimum atomic E-state index is -0.00404. The van der Waals surface area contributed by atoms with Crippen LogP contribution in [-0.4, -0.2) is 49.4 Å². The van der Waals surface area contributed by atoms with Gasteiger partial charge in [0.2, 0.25) is 11.8 Å². The molecule has 0 bridgehead atoms. The first-order chi connectivity index (χ1) is 11.6. The second-order valence-electron chi connectivity index (χ2n) is 8.14. The molecule has 0 aromatic heterocycles. The summed E-state index contributed by atoms with van der Waals surface area (Å²) in [6, 6.07) is 0. The van der Waals surface area contributed by atoms with Crippen molar-refractivity contribution in [2.75, 3.05) is 32.7 Å². The smallest absolute Gasteiger partial charge is 0.224 e. The number of nitrogens with one attached hydrogen (secondary N) is 2. The van der Waals surface area contributed by atoms with Crippen LogP contribution in [0.15, 0.2) is 0 Å². The van der Waals surface area contributed by atoms with Crippen LogP contribution < -0.4 is 10.6 Å². The molecule has 2 atom stereocenters. The van der Waals surface area contributed by atoms with Crippen LogP contribution in [0, 0.1) is 23.7 Å². The van der Waals surface area contributed by atoms with E-state index in [2.05, 4.69) is 17.6 Å². The molecule has 3 rings (SSSR count). The average molecular weight is 335 g/mol. The highest BCUT2D eigenvalue weighted by Gasteiger charge is 2.31. The standard InChI is InChI=1S/C19H33N3O2/c1-14(16-6-8-20-9-7-16)11-18(23)22-10-2-3-17(13-22)19(24)21-12-15-4-5-15/h14-17,20H,2-13H2,1H3,(H,21,24). The Balaban J connectivity index is 1.44. The lowest BCUT2D eigenvalue weighted by Crippen LogP contribution is -2.46. The topological polar surface area (TPSA) is 61.4 Å². The summed E-state index contributed by atoms with van der Waals surface area (Å²) in [5.41, 5.74) is 0. The Morgan fingerprint density at radius 1 is 1.17 bits per heavy atom. The van der Waals surface area contributed by atoms with E-state index in [0.29, 0.717) is 30.7 Å². The van der Waals surface area contributed by atoms with Crippen molar-refractivity contribution in [3.8, 4) is 0 Å². The molecule has 3 aliphatic rings. The number of hydrogen-bond acceptors (Lipinski definition) is 3. The van der Waals surface area contributed by atoms with Gasteiger partial charge in [-0.1, -0.05) is 6.92 Å². The molecule has 136 valence electrons. The Kier molecular flexibility index (Phi) is 6.14. The van der Waals surface area contributed by atoms with Crippen LogP contribution in [-0.2, 0) is 9.59 Å². The maximum Gasteiger partial charge on any atom is 0.224 e. The summed E-state index contributed by atoms with van der Waals surface area (Å²) in [4.78, 5) is 26.9. The van der Waals surface area contributed by atoms with Gasteiger partial charge in [-0.2, -0.15) is 0 Å². The lowest BCUT2D eigenvalue weighted by atomic mass is 9.83. The van der Waals surface area contributed by atoms with Gasteiger partial charge in [0.1, 0.15) is 0 Å². The molecule has 2 saturated heterocycles. The molecular formula is C19H33N3O2. The summed E-state index contributed by atoms with van der Waals surface area (Å²) in [6.07, 6.45) is 7.38. The Labute approximate surface area is 145 Å². The van der Waals surface area contributed by atoms with E-state index in [0.717, 1.165) is 39.0 Å². The fraction of sp³-hybridized carbons (Fsp3) is 0.895. The van der Waals surface area contributed by atoms with Gasteiger partial charge in [-0.15, -0.1) is 0 Å². The molecule has 0 spiro atoms. The highest BCUT2D eigenvalue weighted by Crippen LogP contribution is 2.28. The number of hydrogen-bond donors (Lipinski definition) is 2. The summed E-state index contributed by atoms with van der Waals surface area (Å²) in [5.74, 6) is 2.23. The van der Waals surface area contributed by atoms with E-state index in [9.17, 15) is 9.59 Å². The fourth-order valence-electron chi connectivity index (χ4n) is 4.11. The van der Waals surface area contributed by atoms with Crippen molar-refractivity contribution < 1.29 is 9.59 Å². The fourth-order valence-corrected chi connectivity index (χ4v) is 4.11. The Morgan fingerprint density at radius 3 is 2.62 bits per heavy atom. The summed E-state index contributed by atoms with van der Waals surface area (Å²) >= 11 is 0. The average Bonchev–Trinajstić information content (AvgIpc) is 3.45. The van der Waals surface area contributed by atoms with Gasteiger partial charge in [0.05, 0.1) is 5.92 Å². The van der Waals surface area contributed by atoms with Crippen LogP contribution in [0.4, 0.5) is 0 Å². The number of nitrogens with zero attached hydrogens (tertiary/aromatic N) is 1. The van der Waals surface area contributed by atoms with Crippen molar-refractivity contribution in [1.29, 1.82) is 0 Å². The first kappa shape index (κ1) is 17.7. The highest BCUT2D eigenvalue weighted by atomic mass is 16.2. The first-order valence-corrected chi connectivity index (χ1v) is 9.89. The van der Waals surface area contributed by atoms with Gasteiger partial charge in [-0.05, 0) is 69.4 Å². The predicted octanol–water partition coefficient (Wildman–Crippen LogP) is 1.78. The normalized spacial score (nSPS) is 26.9. The van der Waals surface area contributed by atoms with E-state index in [1.165, 1.54) is 25.7 Å². The van der Waals surface area contributed by atoms with Gasteiger partial charge in [0.25, 0.3) is 0 Å². The van der Waals surface area contributed by atoms with Gasteiger partial charge < -0.3 is 15.5 Å². The van der Waals surface area contributed by atoms with E-state index in [4.69, 9.17) is 0 Å². The van der Waals surface area contributed by atoms with E-state index in [1.54, 1.807) is 0 Å². The summed E-state index contributed by atoms with van der Waals surface area (Å²) in [6.45, 7) is 6.65. The summed E-state index contributed by atoms with van der Waals surface area (Å²) in [5, 5.41) is 6.47. The van der Waals surface area contributed by atoms with Crippen molar-refractivity contribution in [3.63, 3.8) is 0 Å². The Hall–Kier alpha value is -1.10. The van der Waals surface area contributed by atoms with E-state index >= 15 is 0 Å². The third-order valence-electron chi connectivity index (χ3n) is 6.09. The minimum Gasteiger partial charge on any atom is -0.356 e. The van der Waals surface area contributed by atoms with E-state index in [1.807, 2.05) is 4.90 Å².